The van der Waals surface area contributed by atoms with Crippen molar-refractivity contribution in [2.24, 2.45) is 17.4 Å². The Kier molecular flexibility index (Phi) is 11.3. The van der Waals surface area contributed by atoms with E-state index in [0.717, 1.165) is 45.7 Å². The summed E-state index contributed by atoms with van der Waals surface area (Å²) in [6.07, 6.45) is 1.26. The third kappa shape index (κ3) is 6.17. The minimum absolute atomic E-state index is 0. The van der Waals surface area contributed by atoms with Gasteiger partial charge in [-0.05, 0) is 36.0 Å². The van der Waals surface area contributed by atoms with Crippen molar-refractivity contribution in [1.29, 1.82) is 0 Å². The van der Waals surface area contributed by atoms with Gasteiger partial charge in [-0.2, -0.15) is 0 Å². The van der Waals surface area contributed by atoms with Crippen LogP contribution in [-0.2, 0) is 24.3 Å². The van der Waals surface area contributed by atoms with E-state index in [0.29, 0.717) is 25.4 Å². The highest BCUT2D eigenvalue weighted by Gasteiger charge is 2.20. The van der Waals surface area contributed by atoms with E-state index >= 15 is 0 Å². The Morgan fingerprint density at radius 2 is 1.71 bits per heavy atom. The SMILES string of the molecule is CCC(=O)Nc1c(C)nc(CC(C)C)c(CN)c1-c1ccc(CN)cc1.Cl.Cl. The molecule has 0 spiro atoms. The Balaban J connectivity index is 0.00000364. The van der Waals surface area contributed by atoms with Crippen LogP contribution in [0, 0.1) is 12.8 Å². The largest absolute Gasteiger partial charge is 0.326 e. The number of hydrogen-bond donors (Lipinski definition) is 3. The van der Waals surface area contributed by atoms with Crippen molar-refractivity contribution in [2.45, 2.75) is 53.6 Å². The van der Waals surface area contributed by atoms with Gasteiger partial charge in [0.25, 0.3) is 0 Å². The summed E-state index contributed by atoms with van der Waals surface area (Å²) in [5.41, 5.74) is 18.5. The second-order valence-electron chi connectivity index (χ2n) is 6.98. The molecule has 5 N–H and O–H groups in total. The quantitative estimate of drug-likeness (QED) is 0.612. The lowest BCUT2D eigenvalue weighted by molar-refractivity contribution is -0.115. The maximum atomic E-state index is 12.1. The number of rotatable bonds is 7. The molecule has 0 aliphatic carbocycles. The molecule has 28 heavy (non-hydrogen) atoms. The molecule has 0 saturated heterocycles. The van der Waals surface area contributed by atoms with E-state index in [1.54, 1.807) is 0 Å². The van der Waals surface area contributed by atoms with Gasteiger partial charge in [-0.1, -0.05) is 45.0 Å². The first kappa shape index (κ1) is 26.3. The van der Waals surface area contributed by atoms with Crippen molar-refractivity contribution >= 4 is 36.4 Å². The molecule has 7 heteroatoms. The van der Waals surface area contributed by atoms with Crippen molar-refractivity contribution in [3.63, 3.8) is 0 Å². The lowest BCUT2D eigenvalue weighted by Gasteiger charge is -2.21. The molecule has 1 aromatic heterocycles. The standard InChI is InChI=1S/C21H30N4O.2ClH/c1-5-19(26)25-21-14(4)24-18(10-13(2)3)17(12-23)20(21)16-8-6-15(11-22)7-9-16;;/h6-9,13H,5,10-12,22-23H2,1-4H3,(H,25,26);2*1H. The second-order valence-corrected chi connectivity index (χ2v) is 6.98. The van der Waals surface area contributed by atoms with E-state index in [1.165, 1.54) is 0 Å². The third-order valence-corrected chi connectivity index (χ3v) is 4.43. The van der Waals surface area contributed by atoms with E-state index in [4.69, 9.17) is 16.5 Å². The van der Waals surface area contributed by atoms with Crippen LogP contribution in [0.4, 0.5) is 5.69 Å². The summed E-state index contributed by atoms with van der Waals surface area (Å²) in [4.78, 5) is 16.9. The zero-order chi connectivity index (χ0) is 19.3. The van der Waals surface area contributed by atoms with Crippen molar-refractivity contribution in [2.75, 3.05) is 5.32 Å². The predicted octanol–water partition coefficient (Wildman–Crippen LogP) is 4.37. The normalized spacial score (nSPS) is 10.2. The maximum absolute atomic E-state index is 12.1. The zero-order valence-electron chi connectivity index (χ0n) is 17.0. The zero-order valence-corrected chi connectivity index (χ0v) is 18.7. The molecular weight excluding hydrogens is 395 g/mol. The Morgan fingerprint density at radius 3 is 2.18 bits per heavy atom. The number of benzene rings is 1. The molecule has 2 rings (SSSR count). The first-order valence-corrected chi connectivity index (χ1v) is 9.22. The van der Waals surface area contributed by atoms with Crippen LogP contribution in [0.2, 0.25) is 0 Å². The van der Waals surface area contributed by atoms with Crippen LogP contribution >= 0.6 is 24.8 Å². The van der Waals surface area contributed by atoms with Gasteiger partial charge in [0.2, 0.25) is 5.91 Å². The summed E-state index contributed by atoms with van der Waals surface area (Å²) in [5, 5.41) is 3.03. The lowest BCUT2D eigenvalue weighted by Crippen LogP contribution is -2.17. The average Bonchev–Trinajstić information content (AvgIpc) is 2.63. The van der Waals surface area contributed by atoms with Gasteiger partial charge in [-0.15, -0.1) is 24.8 Å². The van der Waals surface area contributed by atoms with Crippen LogP contribution in [0.5, 0.6) is 0 Å². The summed E-state index contributed by atoms with van der Waals surface area (Å²) in [5.74, 6) is 0.435. The average molecular weight is 427 g/mol. The van der Waals surface area contributed by atoms with E-state index in [1.807, 2.05) is 38.1 Å². The Hall–Kier alpha value is -1.66. The van der Waals surface area contributed by atoms with Crippen LogP contribution in [0.25, 0.3) is 11.1 Å². The molecule has 1 heterocycles. The van der Waals surface area contributed by atoms with Crippen molar-refractivity contribution in [1.82, 2.24) is 4.98 Å². The monoisotopic (exact) mass is 426 g/mol. The van der Waals surface area contributed by atoms with Gasteiger partial charge in [0.1, 0.15) is 0 Å². The number of carbonyl (C=O) groups excluding carboxylic acids is 1. The molecule has 0 radical (unpaired) electrons. The Morgan fingerprint density at radius 1 is 1.11 bits per heavy atom. The molecule has 156 valence electrons. The van der Waals surface area contributed by atoms with Crippen LogP contribution < -0.4 is 16.8 Å². The molecule has 0 bridgehead atoms. The molecule has 0 unspecified atom stereocenters. The number of halogens is 2. The highest BCUT2D eigenvalue weighted by molar-refractivity contribution is 5.97. The second kappa shape index (κ2) is 12.0. The Bertz CT molecular complexity index is 777. The number of carbonyl (C=O) groups is 1. The molecule has 0 aliphatic rings. The smallest absolute Gasteiger partial charge is 0.224 e. The van der Waals surface area contributed by atoms with Gasteiger partial charge < -0.3 is 16.8 Å². The van der Waals surface area contributed by atoms with E-state index < -0.39 is 0 Å². The summed E-state index contributed by atoms with van der Waals surface area (Å²) in [6.45, 7) is 8.98. The van der Waals surface area contributed by atoms with Gasteiger partial charge in [0.05, 0.1) is 11.4 Å². The highest BCUT2D eigenvalue weighted by atomic mass is 35.5. The minimum atomic E-state index is -0.0330. The molecular formula is C21H32Cl2N4O. The third-order valence-electron chi connectivity index (χ3n) is 4.43. The number of anilines is 1. The molecule has 0 aliphatic heterocycles. The fourth-order valence-electron chi connectivity index (χ4n) is 3.08. The highest BCUT2D eigenvalue weighted by Crippen LogP contribution is 2.36. The summed E-state index contributed by atoms with van der Waals surface area (Å²) in [7, 11) is 0. The molecule has 5 nitrogen and oxygen atoms in total. The summed E-state index contributed by atoms with van der Waals surface area (Å²) in [6, 6.07) is 8.10. The minimum Gasteiger partial charge on any atom is -0.326 e. The van der Waals surface area contributed by atoms with Gasteiger partial charge in [-0.25, -0.2) is 0 Å². The van der Waals surface area contributed by atoms with Crippen molar-refractivity contribution < 1.29 is 4.79 Å². The molecule has 0 fully saturated rings. The predicted molar refractivity (Wildman–Crippen MR) is 122 cm³/mol. The molecule has 0 atom stereocenters. The van der Waals surface area contributed by atoms with Crippen LogP contribution in [0.15, 0.2) is 24.3 Å². The number of hydrogen-bond acceptors (Lipinski definition) is 4. The van der Waals surface area contributed by atoms with Gasteiger partial charge >= 0.3 is 0 Å². The molecule has 1 amide bonds. The van der Waals surface area contributed by atoms with Crippen LogP contribution in [0.1, 0.15) is 49.7 Å². The lowest BCUT2D eigenvalue weighted by atomic mass is 9.92. The summed E-state index contributed by atoms with van der Waals surface area (Å²) >= 11 is 0. The fraction of sp³-hybridized carbons (Fsp3) is 0.429. The number of nitrogens with one attached hydrogen (secondary N) is 1. The summed E-state index contributed by atoms with van der Waals surface area (Å²) < 4.78 is 0. The van der Waals surface area contributed by atoms with Crippen molar-refractivity contribution in [3.8, 4) is 11.1 Å². The van der Waals surface area contributed by atoms with Crippen LogP contribution in [0.3, 0.4) is 0 Å². The fourth-order valence-corrected chi connectivity index (χ4v) is 3.08. The number of amides is 1. The van der Waals surface area contributed by atoms with Crippen molar-refractivity contribution in [3.05, 3.63) is 46.8 Å². The van der Waals surface area contributed by atoms with Gasteiger partial charge in [-0.3, -0.25) is 9.78 Å². The van der Waals surface area contributed by atoms with E-state index in [-0.39, 0.29) is 30.7 Å². The van der Waals surface area contributed by atoms with E-state index in [2.05, 4.69) is 19.2 Å². The maximum Gasteiger partial charge on any atom is 0.224 e. The van der Waals surface area contributed by atoms with Gasteiger partial charge in [0.15, 0.2) is 0 Å². The van der Waals surface area contributed by atoms with E-state index in [9.17, 15) is 4.79 Å². The number of aryl methyl sites for hydroxylation is 1. The molecule has 1 aromatic carbocycles. The van der Waals surface area contributed by atoms with Gasteiger partial charge in [0, 0.05) is 30.8 Å². The first-order chi connectivity index (χ1) is 12.4. The number of nitrogens with zero attached hydrogens (tertiary/aromatic N) is 1. The number of aromatic nitrogens is 1. The molecule has 0 saturated carbocycles. The molecule has 2 aromatic rings. The number of pyridine rings is 1. The number of nitrogens with two attached hydrogens (primary N) is 2. The Labute approximate surface area is 180 Å². The first-order valence-electron chi connectivity index (χ1n) is 9.22. The topological polar surface area (TPSA) is 94.0 Å². The van der Waals surface area contributed by atoms with Crippen LogP contribution in [-0.4, -0.2) is 10.9 Å².